The lowest BCUT2D eigenvalue weighted by Gasteiger charge is -2.31. The summed E-state index contributed by atoms with van der Waals surface area (Å²) in [5.41, 5.74) is -1.51. The number of rotatable bonds is 9. The zero-order valence-electron chi connectivity index (χ0n) is 14.8. The molecule has 0 radical (unpaired) electrons. The zero-order valence-corrected chi connectivity index (χ0v) is 18.3. The summed E-state index contributed by atoms with van der Waals surface area (Å²) < 4.78 is 46.1. The number of ether oxygens (including phenoxy) is 2. The monoisotopic (exact) mass is 514 g/mol. The third kappa shape index (κ3) is 6.69. The van der Waals surface area contributed by atoms with Gasteiger partial charge >= 0.3 is 28.1 Å². The Hall–Kier alpha value is -0.610. The maximum Gasteiger partial charge on any atom is 0.488 e. The number of hydrogen-bond donors (Lipinski definition) is 6. The molecule has 172 valence electrons. The minimum Gasteiger partial charge on any atom is -0.387 e. The summed E-state index contributed by atoms with van der Waals surface area (Å²) in [4.78, 5) is 61.3. The van der Waals surface area contributed by atoms with Gasteiger partial charge in [-0.2, -0.15) is 4.31 Å². The molecule has 0 saturated carbocycles. The number of methoxy groups -OCH3 is 1. The van der Waals surface area contributed by atoms with Crippen LogP contribution in [0.1, 0.15) is 12.6 Å². The van der Waals surface area contributed by atoms with Crippen molar-refractivity contribution in [2.24, 2.45) is 0 Å². The summed E-state index contributed by atoms with van der Waals surface area (Å²) in [6.45, 7) is -5.58. The van der Waals surface area contributed by atoms with Gasteiger partial charge in [0.05, 0.1) is 0 Å². The van der Waals surface area contributed by atoms with Crippen molar-refractivity contribution in [3.63, 3.8) is 0 Å². The van der Waals surface area contributed by atoms with Crippen molar-refractivity contribution in [2.45, 2.75) is 24.5 Å². The van der Waals surface area contributed by atoms with Crippen molar-refractivity contribution < 1.29 is 56.4 Å². The van der Waals surface area contributed by atoms with Gasteiger partial charge in [-0.3, -0.25) is 14.3 Å². The maximum absolute atomic E-state index is 11.9. The fraction of sp³-hybridized carbons (Fsp3) is 0.600. The second kappa shape index (κ2) is 9.10. The number of H-pyrrole nitrogens is 1. The molecule has 1 aromatic heterocycles. The zero-order chi connectivity index (χ0) is 23.0. The molecular formula is C10H17N2O14P3S. The predicted octanol–water partition coefficient (Wildman–Crippen LogP) is -1.38. The second-order valence-electron chi connectivity index (χ2n) is 5.72. The standard InChI is InChI=1S/C10H17N2O14P3S/c1-22-10(5-23-29(21,30)26-28(19,20)25-27(16,17)18)6(13)4-8(24-10)12-3-2-7(14)11-9(12)15/h2-3,6,8,13H,4-5H2,1H3,(H,19,20)(H,21,30)(H,11,14,15)(H2,16,17,18). The van der Waals surface area contributed by atoms with E-state index in [1.54, 1.807) is 0 Å². The Morgan fingerprint density at radius 2 is 1.93 bits per heavy atom. The first-order valence-corrected chi connectivity index (χ1v) is 13.2. The molecule has 5 atom stereocenters. The lowest BCUT2D eigenvalue weighted by Crippen LogP contribution is -2.45. The first-order chi connectivity index (χ1) is 13.6. The number of nitrogens with one attached hydrogen (secondary N) is 1. The minimum absolute atomic E-state index is 0.238. The normalized spacial score (nSPS) is 28.7. The molecule has 1 aromatic rings. The fourth-order valence-corrected chi connectivity index (χ4v) is 6.35. The average molecular weight is 514 g/mol. The molecule has 1 fully saturated rings. The smallest absolute Gasteiger partial charge is 0.387 e. The highest BCUT2D eigenvalue weighted by Crippen LogP contribution is 2.66. The van der Waals surface area contributed by atoms with Gasteiger partial charge in [0.1, 0.15) is 18.9 Å². The summed E-state index contributed by atoms with van der Waals surface area (Å²) in [6, 6.07) is 1.03. The highest BCUT2D eigenvalue weighted by atomic mass is 32.5. The first-order valence-electron chi connectivity index (χ1n) is 7.59. The van der Waals surface area contributed by atoms with Gasteiger partial charge in [-0.1, -0.05) is 0 Å². The van der Waals surface area contributed by atoms with Crippen molar-refractivity contribution in [2.75, 3.05) is 13.7 Å². The number of aromatic nitrogens is 2. The van der Waals surface area contributed by atoms with Crippen LogP contribution in [0.3, 0.4) is 0 Å². The predicted molar refractivity (Wildman–Crippen MR) is 98.3 cm³/mol. The number of phosphoric acid groups is 2. The van der Waals surface area contributed by atoms with Crippen LogP contribution in [0.5, 0.6) is 0 Å². The van der Waals surface area contributed by atoms with E-state index >= 15 is 0 Å². The van der Waals surface area contributed by atoms with E-state index in [-0.39, 0.29) is 6.42 Å². The molecule has 0 aliphatic carbocycles. The summed E-state index contributed by atoms with van der Waals surface area (Å²) in [5, 5.41) is 10.3. The summed E-state index contributed by atoms with van der Waals surface area (Å²) in [5.74, 6) is -2.04. The van der Waals surface area contributed by atoms with Crippen LogP contribution in [0.4, 0.5) is 0 Å². The number of hydrogen-bond acceptors (Lipinski definition) is 11. The molecule has 2 heterocycles. The van der Waals surface area contributed by atoms with Crippen LogP contribution in [0.25, 0.3) is 0 Å². The molecule has 0 spiro atoms. The third-order valence-electron chi connectivity index (χ3n) is 3.62. The van der Waals surface area contributed by atoms with E-state index in [0.717, 1.165) is 23.9 Å². The maximum atomic E-state index is 11.9. The summed E-state index contributed by atoms with van der Waals surface area (Å²) in [6.07, 6.45) is -1.76. The first kappa shape index (κ1) is 25.6. The molecule has 6 N–H and O–H groups in total. The van der Waals surface area contributed by atoms with Crippen molar-refractivity contribution in [1.82, 2.24) is 9.55 Å². The number of nitrogens with zero attached hydrogens (tertiary/aromatic N) is 1. The van der Waals surface area contributed by atoms with E-state index in [1.807, 2.05) is 4.98 Å². The van der Waals surface area contributed by atoms with E-state index in [9.17, 15) is 33.6 Å². The van der Waals surface area contributed by atoms with E-state index in [0.29, 0.717) is 0 Å². The van der Waals surface area contributed by atoms with Gasteiger partial charge in [-0.05, 0) is 11.8 Å². The molecule has 16 nitrogen and oxygen atoms in total. The van der Waals surface area contributed by atoms with Crippen molar-refractivity contribution in [1.29, 1.82) is 0 Å². The molecule has 0 amide bonds. The number of aliphatic hydroxyl groups is 1. The Kier molecular flexibility index (Phi) is 7.78. The quantitative estimate of drug-likeness (QED) is 0.208. The third-order valence-corrected chi connectivity index (χ3v) is 8.32. The van der Waals surface area contributed by atoms with Crippen molar-refractivity contribution >= 4 is 34.2 Å². The van der Waals surface area contributed by atoms with Crippen LogP contribution in [0, 0.1) is 0 Å². The topological polar surface area (TPSA) is 236 Å². The van der Waals surface area contributed by atoms with Crippen LogP contribution in [0.15, 0.2) is 21.9 Å². The van der Waals surface area contributed by atoms with Crippen LogP contribution in [0.2, 0.25) is 0 Å². The second-order valence-corrected chi connectivity index (χ2v) is 11.5. The molecule has 0 bridgehead atoms. The minimum atomic E-state index is -5.53. The van der Waals surface area contributed by atoms with E-state index in [2.05, 4.69) is 20.4 Å². The van der Waals surface area contributed by atoms with Gasteiger partial charge in [0, 0.05) is 25.8 Å². The Bertz CT molecular complexity index is 1040. The van der Waals surface area contributed by atoms with Crippen LogP contribution in [-0.2, 0) is 43.6 Å². The van der Waals surface area contributed by atoms with Gasteiger partial charge < -0.3 is 38.7 Å². The molecule has 20 heteroatoms. The van der Waals surface area contributed by atoms with Crippen molar-refractivity contribution in [3.05, 3.63) is 33.1 Å². The van der Waals surface area contributed by atoms with Gasteiger partial charge in [-0.25, -0.2) is 18.2 Å². The van der Waals surface area contributed by atoms with Crippen LogP contribution >= 0.6 is 22.4 Å². The van der Waals surface area contributed by atoms with Crippen LogP contribution < -0.4 is 11.2 Å². The summed E-state index contributed by atoms with van der Waals surface area (Å²) >= 11 is 4.48. The Morgan fingerprint density at radius 1 is 1.30 bits per heavy atom. The summed E-state index contributed by atoms with van der Waals surface area (Å²) in [7, 11) is -9.93. The van der Waals surface area contributed by atoms with E-state index < -0.39 is 58.3 Å². The number of aromatic amines is 1. The lowest BCUT2D eigenvalue weighted by atomic mass is 10.1. The van der Waals surface area contributed by atoms with Gasteiger partial charge in [0.2, 0.25) is 5.79 Å². The molecule has 0 aromatic carbocycles. The molecule has 1 aliphatic heterocycles. The van der Waals surface area contributed by atoms with E-state index in [1.165, 1.54) is 0 Å². The largest absolute Gasteiger partial charge is 0.488 e. The average Bonchev–Trinajstić information content (AvgIpc) is 2.86. The van der Waals surface area contributed by atoms with Gasteiger partial charge in [0.15, 0.2) is 0 Å². The Morgan fingerprint density at radius 3 is 2.47 bits per heavy atom. The number of aliphatic hydroxyl groups excluding tert-OH is 1. The SMILES string of the molecule is COC1(COP(O)(=S)OP(=O)(O)OP(=O)(O)O)OC(n2ccc(=O)[nH]c2=O)CC1O. The van der Waals surface area contributed by atoms with Crippen molar-refractivity contribution in [3.8, 4) is 0 Å². The van der Waals surface area contributed by atoms with Gasteiger partial charge in [-0.15, -0.1) is 0 Å². The lowest BCUT2D eigenvalue weighted by molar-refractivity contribution is -0.266. The Balaban J connectivity index is 2.14. The molecule has 1 saturated heterocycles. The fourth-order valence-electron chi connectivity index (χ4n) is 2.40. The highest BCUT2D eigenvalue weighted by molar-refractivity contribution is 8.08. The van der Waals surface area contributed by atoms with E-state index in [4.69, 9.17) is 23.8 Å². The van der Waals surface area contributed by atoms with Gasteiger partial charge in [0.25, 0.3) is 5.56 Å². The Labute approximate surface area is 172 Å². The molecular weight excluding hydrogens is 497 g/mol. The molecule has 1 aliphatic rings. The highest BCUT2D eigenvalue weighted by Gasteiger charge is 2.51. The van der Waals surface area contributed by atoms with Crippen LogP contribution in [-0.4, -0.2) is 59.8 Å². The molecule has 5 unspecified atom stereocenters. The molecule has 30 heavy (non-hydrogen) atoms. The molecule has 2 rings (SSSR count).